The van der Waals surface area contributed by atoms with E-state index < -0.39 is 11.4 Å². The minimum Gasteiger partial charge on any atom is -0.481 e. The molecule has 1 N–H and O–H groups in total. The second-order valence-electron chi connectivity index (χ2n) is 4.07. The van der Waals surface area contributed by atoms with Gasteiger partial charge in [-0.25, -0.2) is 0 Å². The van der Waals surface area contributed by atoms with Crippen molar-refractivity contribution >= 4 is 5.97 Å². The first kappa shape index (κ1) is 11.5. The van der Waals surface area contributed by atoms with Crippen molar-refractivity contribution in [1.82, 2.24) is 0 Å². The van der Waals surface area contributed by atoms with E-state index in [4.69, 9.17) is 5.11 Å². The first-order valence-electron chi connectivity index (χ1n) is 4.66. The molecule has 0 amide bonds. The third-order valence-corrected chi connectivity index (χ3v) is 2.77. The Morgan fingerprint density at radius 1 is 1.50 bits per heavy atom. The van der Waals surface area contributed by atoms with Crippen LogP contribution in [0.15, 0.2) is 0 Å². The van der Waals surface area contributed by atoms with Crippen LogP contribution in [0.2, 0.25) is 0 Å². The molecule has 0 rings (SSSR count). The zero-order valence-corrected chi connectivity index (χ0v) is 8.55. The van der Waals surface area contributed by atoms with Gasteiger partial charge in [-0.2, -0.15) is 0 Å². The van der Waals surface area contributed by atoms with Crippen molar-refractivity contribution in [2.45, 2.75) is 47.0 Å². The average Bonchev–Trinajstić information content (AvgIpc) is 1.99. The molecule has 0 saturated heterocycles. The molecular weight excluding hydrogens is 152 g/mol. The number of carbonyl (C=O) groups is 1. The molecule has 0 aromatic heterocycles. The van der Waals surface area contributed by atoms with Gasteiger partial charge in [-0.1, -0.05) is 26.7 Å². The number of aliphatic carboxylic acids is 1. The van der Waals surface area contributed by atoms with Crippen molar-refractivity contribution in [3.8, 4) is 0 Å². The van der Waals surface area contributed by atoms with E-state index in [-0.39, 0.29) is 5.92 Å². The SMILES string of the molecule is CCCCC(C)C(C)(C)C(=O)O. The summed E-state index contributed by atoms with van der Waals surface area (Å²) in [7, 11) is 0. The van der Waals surface area contributed by atoms with Crippen LogP contribution in [0, 0.1) is 11.3 Å². The topological polar surface area (TPSA) is 37.3 Å². The molecule has 2 heteroatoms. The lowest BCUT2D eigenvalue weighted by Gasteiger charge is -2.26. The molecule has 0 heterocycles. The van der Waals surface area contributed by atoms with E-state index in [0.29, 0.717) is 0 Å². The maximum Gasteiger partial charge on any atom is 0.309 e. The van der Waals surface area contributed by atoms with Crippen LogP contribution in [0.5, 0.6) is 0 Å². The Kier molecular flexibility index (Phi) is 4.29. The third kappa shape index (κ3) is 2.84. The molecule has 0 radical (unpaired) electrons. The minimum atomic E-state index is -0.689. The molecule has 72 valence electrons. The molecule has 0 aliphatic carbocycles. The van der Waals surface area contributed by atoms with Crippen LogP contribution in [0.1, 0.15) is 47.0 Å². The fourth-order valence-corrected chi connectivity index (χ4v) is 1.08. The van der Waals surface area contributed by atoms with Gasteiger partial charge in [-0.15, -0.1) is 0 Å². The summed E-state index contributed by atoms with van der Waals surface area (Å²) in [5.74, 6) is -0.430. The van der Waals surface area contributed by atoms with Crippen molar-refractivity contribution in [2.24, 2.45) is 11.3 Å². The quantitative estimate of drug-likeness (QED) is 0.692. The van der Waals surface area contributed by atoms with Gasteiger partial charge < -0.3 is 5.11 Å². The number of carboxylic acid groups (broad SMARTS) is 1. The highest BCUT2D eigenvalue weighted by molar-refractivity contribution is 5.73. The molecule has 0 aliphatic rings. The van der Waals surface area contributed by atoms with E-state index in [0.717, 1.165) is 19.3 Å². The zero-order valence-electron chi connectivity index (χ0n) is 8.55. The van der Waals surface area contributed by atoms with Gasteiger partial charge in [0.15, 0.2) is 0 Å². The largest absolute Gasteiger partial charge is 0.481 e. The molecule has 12 heavy (non-hydrogen) atoms. The number of unbranched alkanes of at least 4 members (excludes halogenated alkanes) is 1. The van der Waals surface area contributed by atoms with Crippen LogP contribution >= 0.6 is 0 Å². The lowest BCUT2D eigenvalue weighted by molar-refractivity contribution is -0.149. The molecule has 0 aromatic rings. The smallest absolute Gasteiger partial charge is 0.309 e. The Bertz CT molecular complexity index is 150. The average molecular weight is 172 g/mol. The first-order chi connectivity index (χ1) is 5.42. The summed E-state index contributed by atoms with van der Waals surface area (Å²) in [6.45, 7) is 7.75. The summed E-state index contributed by atoms with van der Waals surface area (Å²) >= 11 is 0. The molecule has 0 aromatic carbocycles. The van der Waals surface area contributed by atoms with Crippen molar-refractivity contribution in [1.29, 1.82) is 0 Å². The molecule has 1 unspecified atom stereocenters. The monoisotopic (exact) mass is 172 g/mol. The van der Waals surface area contributed by atoms with Crippen molar-refractivity contribution in [2.75, 3.05) is 0 Å². The predicted octanol–water partition coefficient (Wildman–Crippen LogP) is 2.92. The third-order valence-electron chi connectivity index (χ3n) is 2.77. The van der Waals surface area contributed by atoms with Crippen LogP contribution in [0.4, 0.5) is 0 Å². The fraction of sp³-hybridized carbons (Fsp3) is 0.900. The Balaban J connectivity index is 4.06. The number of rotatable bonds is 5. The van der Waals surface area contributed by atoms with Crippen molar-refractivity contribution < 1.29 is 9.90 Å². The van der Waals surface area contributed by atoms with E-state index in [1.807, 2.05) is 6.92 Å². The molecule has 2 nitrogen and oxygen atoms in total. The minimum absolute atomic E-state index is 0.259. The van der Waals surface area contributed by atoms with Gasteiger partial charge in [-0.05, 0) is 26.2 Å². The molecule has 0 aliphatic heterocycles. The molecule has 0 spiro atoms. The van der Waals surface area contributed by atoms with Crippen LogP contribution in [-0.4, -0.2) is 11.1 Å². The summed E-state index contributed by atoms with van der Waals surface area (Å²) in [5.41, 5.74) is -0.574. The number of hydrogen-bond donors (Lipinski definition) is 1. The highest BCUT2D eigenvalue weighted by Crippen LogP contribution is 2.30. The van der Waals surface area contributed by atoms with Gasteiger partial charge >= 0.3 is 5.97 Å². The van der Waals surface area contributed by atoms with Crippen molar-refractivity contribution in [3.63, 3.8) is 0 Å². The second kappa shape index (κ2) is 4.48. The van der Waals surface area contributed by atoms with E-state index in [2.05, 4.69) is 6.92 Å². The van der Waals surface area contributed by atoms with Gasteiger partial charge in [-0.3, -0.25) is 4.79 Å². The summed E-state index contributed by atoms with van der Waals surface area (Å²) in [6.07, 6.45) is 3.27. The predicted molar refractivity (Wildman–Crippen MR) is 50.1 cm³/mol. The van der Waals surface area contributed by atoms with E-state index in [1.165, 1.54) is 0 Å². The molecule has 0 saturated carbocycles. The lowest BCUT2D eigenvalue weighted by Crippen LogP contribution is -2.31. The van der Waals surface area contributed by atoms with Gasteiger partial charge in [0.1, 0.15) is 0 Å². The first-order valence-corrected chi connectivity index (χ1v) is 4.66. The lowest BCUT2D eigenvalue weighted by atomic mass is 9.77. The standard InChI is InChI=1S/C10H20O2/c1-5-6-7-8(2)10(3,4)9(11)12/h8H,5-7H2,1-4H3,(H,11,12). The van der Waals surface area contributed by atoms with Crippen molar-refractivity contribution in [3.05, 3.63) is 0 Å². The van der Waals surface area contributed by atoms with Gasteiger partial charge in [0.25, 0.3) is 0 Å². The van der Waals surface area contributed by atoms with Crippen LogP contribution < -0.4 is 0 Å². The Morgan fingerprint density at radius 2 is 2.00 bits per heavy atom. The second-order valence-corrected chi connectivity index (χ2v) is 4.07. The molecular formula is C10H20O2. The number of hydrogen-bond acceptors (Lipinski definition) is 1. The summed E-state index contributed by atoms with van der Waals surface area (Å²) in [4.78, 5) is 10.8. The summed E-state index contributed by atoms with van der Waals surface area (Å²) < 4.78 is 0. The van der Waals surface area contributed by atoms with E-state index >= 15 is 0 Å². The summed E-state index contributed by atoms with van der Waals surface area (Å²) in [6, 6.07) is 0. The highest BCUT2D eigenvalue weighted by Gasteiger charge is 2.32. The highest BCUT2D eigenvalue weighted by atomic mass is 16.4. The van der Waals surface area contributed by atoms with E-state index in [1.54, 1.807) is 13.8 Å². The Morgan fingerprint density at radius 3 is 2.33 bits per heavy atom. The molecule has 1 atom stereocenters. The van der Waals surface area contributed by atoms with Gasteiger partial charge in [0, 0.05) is 0 Å². The van der Waals surface area contributed by atoms with Gasteiger partial charge in [0.2, 0.25) is 0 Å². The normalized spacial score (nSPS) is 14.3. The number of carboxylic acids is 1. The van der Waals surface area contributed by atoms with Gasteiger partial charge in [0.05, 0.1) is 5.41 Å². The van der Waals surface area contributed by atoms with E-state index in [9.17, 15) is 4.79 Å². The molecule has 0 bridgehead atoms. The van der Waals surface area contributed by atoms with Crippen LogP contribution in [-0.2, 0) is 4.79 Å². The van der Waals surface area contributed by atoms with Crippen LogP contribution in [0.3, 0.4) is 0 Å². The molecule has 0 fully saturated rings. The van der Waals surface area contributed by atoms with Crippen LogP contribution in [0.25, 0.3) is 0 Å². The Hall–Kier alpha value is -0.530. The summed E-state index contributed by atoms with van der Waals surface area (Å²) in [5, 5.41) is 8.91. The maximum atomic E-state index is 10.8. The zero-order chi connectivity index (χ0) is 9.78. The Labute approximate surface area is 75.0 Å². The maximum absolute atomic E-state index is 10.8. The fourth-order valence-electron chi connectivity index (χ4n) is 1.08.